The van der Waals surface area contributed by atoms with Crippen LogP contribution in [0.15, 0.2) is 24.3 Å². The summed E-state index contributed by atoms with van der Waals surface area (Å²) in [6.07, 6.45) is 3.85. The van der Waals surface area contributed by atoms with Gasteiger partial charge in [-0.15, -0.1) is 0 Å². The number of benzene rings is 1. The highest BCUT2D eigenvalue weighted by Crippen LogP contribution is 2.56. The van der Waals surface area contributed by atoms with Gasteiger partial charge in [0.1, 0.15) is 5.54 Å². The topological polar surface area (TPSA) is 65.1 Å². The summed E-state index contributed by atoms with van der Waals surface area (Å²) in [5.41, 5.74) is 1.12. The van der Waals surface area contributed by atoms with Crippen LogP contribution in [-0.4, -0.2) is 80.6 Å². The molecule has 4 aliphatic rings. The van der Waals surface area contributed by atoms with E-state index in [9.17, 15) is 9.59 Å². The van der Waals surface area contributed by atoms with Crippen LogP contribution in [-0.2, 0) is 19.9 Å². The molecule has 1 aromatic carbocycles. The SMILES string of the molecule is CN1C(=O)C2(c3ccccc31)C(C(=O)NCCCN1CCOCC1)CC1CCCN12. The Kier molecular flexibility index (Phi) is 5.29. The number of fused-ring (bicyclic) bond motifs is 4. The summed E-state index contributed by atoms with van der Waals surface area (Å²) >= 11 is 0. The van der Waals surface area contributed by atoms with Crippen LogP contribution in [0.3, 0.4) is 0 Å². The minimum Gasteiger partial charge on any atom is -0.379 e. The Morgan fingerprint density at radius 3 is 2.87 bits per heavy atom. The van der Waals surface area contributed by atoms with Crippen molar-refractivity contribution in [2.45, 2.75) is 37.3 Å². The Hall–Kier alpha value is -1.96. The fourth-order valence-corrected chi connectivity index (χ4v) is 6.13. The number of carbonyl (C=O) groups excluding carboxylic acids is 2. The Bertz CT molecular complexity index is 824. The third-order valence-corrected chi connectivity index (χ3v) is 7.52. The molecule has 0 bridgehead atoms. The molecule has 0 aliphatic carbocycles. The van der Waals surface area contributed by atoms with Gasteiger partial charge in [-0.25, -0.2) is 0 Å². The Morgan fingerprint density at radius 2 is 2.03 bits per heavy atom. The van der Waals surface area contributed by atoms with Crippen molar-refractivity contribution in [3.8, 4) is 0 Å². The van der Waals surface area contributed by atoms with Crippen LogP contribution in [0.25, 0.3) is 0 Å². The van der Waals surface area contributed by atoms with Crippen molar-refractivity contribution in [2.24, 2.45) is 5.92 Å². The first-order valence-corrected chi connectivity index (χ1v) is 11.4. The summed E-state index contributed by atoms with van der Waals surface area (Å²) in [5.74, 6) is -0.240. The number of anilines is 1. The summed E-state index contributed by atoms with van der Waals surface area (Å²) in [6, 6.07) is 8.34. The first-order valence-electron chi connectivity index (χ1n) is 11.4. The number of amides is 2. The summed E-state index contributed by atoms with van der Waals surface area (Å²) in [6.45, 7) is 6.03. The van der Waals surface area contributed by atoms with Crippen molar-refractivity contribution >= 4 is 17.5 Å². The van der Waals surface area contributed by atoms with E-state index >= 15 is 0 Å². The second-order valence-electron chi connectivity index (χ2n) is 9.02. The van der Waals surface area contributed by atoms with Crippen molar-refractivity contribution in [1.29, 1.82) is 0 Å². The quantitative estimate of drug-likeness (QED) is 0.736. The molecule has 30 heavy (non-hydrogen) atoms. The average molecular weight is 413 g/mol. The Morgan fingerprint density at radius 1 is 1.23 bits per heavy atom. The molecule has 2 amide bonds. The van der Waals surface area contributed by atoms with E-state index in [-0.39, 0.29) is 17.7 Å². The summed E-state index contributed by atoms with van der Waals surface area (Å²) < 4.78 is 5.40. The van der Waals surface area contributed by atoms with E-state index in [2.05, 4.69) is 21.2 Å². The molecule has 4 aliphatic heterocycles. The molecular formula is C23H32N4O3. The van der Waals surface area contributed by atoms with Crippen LogP contribution < -0.4 is 10.2 Å². The van der Waals surface area contributed by atoms with Gasteiger partial charge in [-0.1, -0.05) is 18.2 Å². The molecule has 1 aromatic rings. The van der Waals surface area contributed by atoms with Gasteiger partial charge in [-0.3, -0.25) is 19.4 Å². The molecule has 3 unspecified atom stereocenters. The van der Waals surface area contributed by atoms with Gasteiger partial charge in [0.2, 0.25) is 5.91 Å². The Labute approximate surface area is 178 Å². The average Bonchev–Trinajstić information content (AvgIpc) is 3.42. The third-order valence-electron chi connectivity index (χ3n) is 7.52. The van der Waals surface area contributed by atoms with Gasteiger partial charge in [0.15, 0.2) is 0 Å². The maximum atomic E-state index is 13.7. The van der Waals surface area contributed by atoms with Crippen molar-refractivity contribution in [2.75, 3.05) is 57.9 Å². The fraction of sp³-hybridized carbons (Fsp3) is 0.652. The van der Waals surface area contributed by atoms with Gasteiger partial charge in [-0.05, 0) is 44.8 Å². The van der Waals surface area contributed by atoms with Crippen LogP contribution in [0.5, 0.6) is 0 Å². The zero-order chi connectivity index (χ0) is 20.7. The molecular weight excluding hydrogens is 380 g/mol. The molecule has 0 aromatic heterocycles. The van der Waals surface area contributed by atoms with E-state index in [1.165, 1.54) is 0 Å². The first kappa shape index (κ1) is 20.0. The largest absolute Gasteiger partial charge is 0.379 e. The fourth-order valence-electron chi connectivity index (χ4n) is 6.13. The predicted octanol–water partition coefficient (Wildman–Crippen LogP) is 1.18. The minimum absolute atomic E-state index is 0.0323. The molecule has 5 rings (SSSR count). The van der Waals surface area contributed by atoms with Crippen LogP contribution in [0.4, 0.5) is 5.69 Å². The number of nitrogens with zero attached hydrogens (tertiary/aromatic N) is 3. The van der Waals surface area contributed by atoms with Gasteiger partial charge < -0.3 is 15.0 Å². The number of hydrogen-bond donors (Lipinski definition) is 1. The number of carbonyl (C=O) groups is 2. The molecule has 3 fully saturated rings. The molecule has 3 saturated heterocycles. The second kappa shape index (κ2) is 7.94. The van der Waals surface area contributed by atoms with Crippen LogP contribution in [0, 0.1) is 5.92 Å². The van der Waals surface area contributed by atoms with E-state index in [0.717, 1.165) is 76.3 Å². The van der Waals surface area contributed by atoms with Gasteiger partial charge in [-0.2, -0.15) is 0 Å². The molecule has 4 heterocycles. The summed E-state index contributed by atoms with van der Waals surface area (Å²) in [5, 5.41) is 3.18. The number of likely N-dealkylation sites (N-methyl/N-ethyl adjacent to an activating group) is 1. The smallest absolute Gasteiger partial charge is 0.252 e. The maximum absolute atomic E-state index is 13.7. The predicted molar refractivity (Wildman–Crippen MR) is 114 cm³/mol. The molecule has 7 nitrogen and oxygen atoms in total. The van der Waals surface area contributed by atoms with Crippen molar-refractivity contribution < 1.29 is 14.3 Å². The van der Waals surface area contributed by atoms with Crippen LogP contribution in [0.2, 0.25) is 0 Å². The summed E-state index contributed by atoms with van der Waals surface area (Å²) in [7, 11) is 1.84. The first-order chi connectivity index (χ1) is 14.6. The third kappa shape index (κ3) is 2.98. The highest BCUT2D eigenvalue weighted by atomic mass is 16.5. The lowest BCUT2D eigenvalue weighted by Gasteiger charge is -2.37. The normalized spacial score (nSPS) is 31.4. The number of morpholine rings is 1. The highest BCUT2D eigenvalue weighted by Gasteiger charge is 2.66. The number of rotatable bonds is 5. The Balaban J connectivity index is 1.34. The van der Waals surface area contributed by atoms with E-state index < -0.39 is 5.54 Å². The lowest BCUT2D eigenvalue weighted by molar-refractivity contribution is -0.138. The monoisotopic (exact) mass is 412 g/mol. The number of ether oxygens (including phenoxy) is 1. The maximum Gasteiger partial charge on any atom is 0.252 e. The number of nitrogens with one attached hydrogen (secondary N) is 1. The van der Waals surface area contributed by atoms with Crippen molar-refractivity contribution in [1.82, 2.24) is 15.1 Å². The molecule has 1 spiro atoms. The highest BCUT2D eigenvalue weighted by molar-refractivity contribution is 6.10. The van der Waals surface area contributed by atoms with Gasteiger partial charge in [0, 0.05) is 44.0 Å². The molecule has 3 atom stereocenters. The van der Waals surface area contributed by atoms with E-state index in [0.29, 0.717) is 12.6 Å². The summed E-state index contributed by atoms with van der Waals surface area (Å²) in [4.78, 5) is 33.6. The lowest BCUT2D eigenvalue weighted by atomic mass is 9.78. The van der Waals surface area contributed by atoms with Gasteiger partial charge in [0.25, 0.3) is 5.91 Å². The van der Waals surface area contributed by atoms with Crippen molar-refractivity contribution in [3.05, 3.63) is 29.8 Å². The molecule has 7 heteroatoms. The van der Waals surface area contributed by atoms with Crippen molar-refractivity contribution in [3.63, 3.8) is 0 Å². The zero-order valence-electron chi connectivity index (χ0n) is 17.8. The molecule has 0 radical (unpaired) electrons. The van der Waals surface area contributed by atoms with E-state index in [1.54, 1.807) is 4.90 Å². The molecule has 0 saturated carbocycles. The minimum atomic E-state index is -0.833. The number of hydrogen-bond acceptors (Lipinski definition) is 5. The van der Waals surface area contributed by atoms with Gasteiger partial charge in [0.05, 0.1) is 19.1 Å². The van der Waals surface area contributed by atoms with E-state index in [1.807, 2.05) is 25.2 Å². The van der Waals surface area contributed by atoms with Gasteiger partial charge >= 0.3 is 0 Å². The molecule has 162 valence electrons. The van der Waals surface area contributed by atoms with E-state index in [4.69, 9.17) is 4.74 Å². The molecule has 1 N–H and O–H groups in total. The van der Waals surface area contributed by atoms with Crippen LogP contribution >= 0.6 is 0 Å². The second-order valence-corrected chi connectivity index (χ2v) is 9.02. The zero-order valence-corrected chi connectivity index (χ0v) is 17.8. The lowest BCUT2D eigenvalue weighted by Crippen LogP contribution is -2.55. The van der Waals surface area contributed by atoms with Crippen LogP contribution in [0.1, 0.15) is 31.2 Å². The number of para-hydroxylation sites is 1. The standard InChI is InChI=1S/C23H32N4O3/c1-25-20-8-3-2-7-18(20)23(22(25)29)19(16-17-6-4-11-27(17)23)21(28)24-9-5-10-26-12-14-30-15-13-26/h2-3,7-8,17,19H,4-6,9-16H2,1H3,(H,24,28).